The van der Waals surface area contributed by atoms with Gasteiger partial charge in [0.25, 0.3) is 17.4 Å². The first-order valence-electron chi connectivity index (χ1n) is 13.9. The molecule has 0 atom stereocenters. The number of hydrogen-bond acceptors (Lipinski definition) is 6. The van der Waals surface area contributed by atoms with Gasteiger partial charge in [-0.15, -0.1) is 0 Å². The summed E-state index contributed by atoms with van der Waals surface area (Å²) < 4.78 is 48.8. The molecule has 1 aliphatic heterocycles. The van der Waals surface area contributed by atoms with Crippen molar-refractivity contribution in [2.45, 2.75) is 13.5 Å². The van der Waals surface area contributed by atoms with E-state index >= 15 is 0 Å². The van der Waals surface area contributed by atoms with Crippen LogP contribution in [0.3, 0.4) is 0 Å². The molecule has 1 aliphatic rings. The van der Waals surface area contributed by atoms with E-state index < -0.39 is 33.2 Å². The molecule has 6 rings (SSSR count). The second-order valence-electron chi connectivity index (χ2n) is 11.0. The van der Waals surface area contributed by atoms with Crippen LogP contribution >= 0.6 is 0 Å². The Morgan fingerprint density at radius 3 is 2.38 bits per heavy atom. The number of carbonyl (C=O) groups is 2. The molecule has 2 aromatic heterocycles. The predicted octanol–water partition coefficient (Wildman–Crippen LogP) is 4.83. The smallest absolute Gasteiger partial charge is 0.274 e. The van der Waals surface area contributed by atoms with Gasteiger partial charge in [0.2, 0.25) is 10.0 Å². The zero-order valence-electron chi connectivity index (χ0n) is 25.1. The van der Waals surface area contributed by atoms with Gasteiger partial charge in [-0.25, -0.2) is 12.8 Å². The Kier molecular flexibility index (Phi) is 7.12. The average Bonchev–Trinajstić information content (AvgIpc) is 3.55. The van der Waals surface area contributed by atoms with Crippen molar-refractivity contribution in [3.05, 3.63) is 105 Å². The SMILES string of the molecule is CNC(=O)c1c(-c2ccc(C)cc2)oc2cc(N(C)S(C)(=O)=O)c(-c3cc(N4Cc5c(F)cccc5C4=O)c(=O)n(C)c3)cc12. The standard InChI is InChI=1S/C33H29FN4O6S/c1-18-9-11-19(12-10-18)30-29(31(39)35-2)23-14-22(26(15-28(23)44-30)37(4)45(5,42)43)20-13-27(33(41)36(3)16-20)38-17-24-21(32(38)40)7-6-8-25(24)34/h6-16H,17H2,1-5H3,(H,35,39). The quantitative estimate of drug-likeness (QED) is 0.288. The van der Waals surface area contributed by atoms with Gasteiger partial charge in [0.1, 0.15) is 22.8 Å². The van der Waals surface area contributed by atoms with Gasteiger partial charge in [-0.05, 0) is 31.2 Å². The lowest BCUT2D eigenvalue weighted by atomic mass is 9.98. The van der Waals surface area contributed by atoms with E-state index in [1.807, 2.05) is 31.2 Å². The van der Waals surface area contributed by atoms with Gasteiger partial charge in [-0.1, -0.05) is 35.9 Å². The zero-order valence-corrected chi connectivity index (χ0v) is 26.0. The molecular weight excluding hydrogens is 599 g/mol. The van der Waals surface area contributed by atoms with Crippen LogP contribution in [0, 0.1) is 12.7 Å². The lowest BCUT2D eigenvalue weighted by Crippen LogP contribution is -2.31. The summed E-state index contributed by atoms with van der Waals surface area (Å²) in [5, 5.41) is 3.07. The highest BCUT2D eigenvalue weighted by molar-refractivity contribution is 7.92. The minimum absolute atomic E-state index is 0.0114. The molecule has 3 heterocycles. The van der Waals surface area contributed by atoms with Crippen LogP contribution in [0.5, 0.6) is 0 Å². The Morgan fingerprint density at radius 2 is 1.73 bits per heavy atom. The van der Waals surface area contributed by atoms with Crippen LogP contribution < -0.4 is 20.1 Å². The van der Waals surface area contributed by atoms with Gasteiger partial charge in [0.15, 0.2) is 0 Å². The first-order valence-corrected chi connectivity index (χ1v) is 15.8. The van der Waals surface area contributed by atoms with Crippen LogP contribution in [0.1, 0.15) is 31.8 Å². The molecule has 0 unspecified atom stereocenters. The van der Waals surface area contributed by atoms with Crippen LogP contribution in [0.4, 0.5) is 15.8 Å². The molecule has 0 spiro atoms. The topological polar surface area (TPSA) is 122 Å². The van der Waals surface area contributed by atoms with Gasteiger partial charge in [0, 0.05) is 66.6 Å². The number of sulfonamides is 1. The second-order valence-corrected chi connectivity index (χ2v) is 13.0. The summed E-state index contributed by atoms with van der Waals surface area (Å²) in [6.07, 6.45) is 2.57. The molecular formula is C33H29FN4O6S. The number of nitrogens with zero attached hydrogens (tertiary/aromatic N) is 3. The van der Waals surface area contributed by atoms with E-state index in [4.69, 9.17) is 4.42 Å². The van der Waals surface area contributed by atoms with E-state index in [9.17, 15) is 27.2 Å². The average molecular weight is 629 g/mol. The van der Waals surface area contributed by atoms with E-state index in [1.54, 1.807) is 6.07 Å². The molecule has 0 radical (unpaired) electrons. The Balaban J connectivity index is 1.62. The maximum atomic E-state index is 14.6. The molecule has 10 nitrogen and oxygen atoms in total. The lowest BCUT2D eigenvalue weighted by molar-refractivity contribution is 0.0962. The molecule has 45 heavy (non-hydrogen) atoms. The molecule has 0 saturated heterocycles. The third-order valence-corrected chi connectivity index (χ3v) is 9.28. The number of halogens is 1. The number of aryl methyl sites for hydroxylation is 2. The van der Waals surface area contributed by atoms with Gasteiger partial charge < -0.3 is 14.3 Å². The molecule has 0 saturated carbocycles. The number of fused-ring (bicyclic) bond motifs is 2. The number of rotatable bonds is 6. The lowest BCUT2D eigenvalue weighted by Gasteiger charge is -2.22. The minimum Gasteiger partial charge on any atom is -0.455 e. The summed E-state index contributed by atoms with van der Waals surface area (Å²) in [5.74, 6) is -1.19. The van der Waals surface area contributed by atoms with Crippen LogP contribution in [0.25, 0.3) is 33.4 Å². The minimum atomic E-state index is -3.79. The van der Waals surface area contributed by atoms with Crippen LogP contribution in [-0.2, 0) is 23.6 Å². The second kappa shape index (κ2) is 10.7. The summed E-state index contributed by atoms with van der Waals surface area (Å²) >= 11 is 0. The summed E-state index contributed by atoms with van der Waals surface area (Å²) in [6, 6.07) is 16.3. The third-order valence-electron chi connectivity index (χ3n) is 8.09. The Bertz CT molecular complexity index is 2220. The predicted molar refractivity (Wildman–Crippen MR) is 171 cm³/mol. The number of nitrogens with one attached hydrogen (secondary N) is 1. The first kappa shape index (κ1) is 29.8. The van der Waals surface area contributed by atoms with Gasteiger partial charge in [-0.3, -0.25) is 23.6 Å². The van der Waals surface area contributed by atoms with Gasteiger partial charge in [0.05, 0.1) is 24.1 Å². The molecule has 0 bridgehead atoms. The fraction of sp³-hybridized carbons (Fsp3) is 0.182. The number of anilines is 2. The maximum Gasteiger partial charge on any atom is 0.274 e. The van der Waals surface area contributed by atoms with E-state index in [0.717, 1.165) is 16.1 Å². The fourth-order valence-corrected chi connectivity index (χ4v) is 6.09. The molecule has 1 N–H and O–H groups in total. The zero-order chi connectivity index (χ0) is 32.4. The molecule has 0 fully saturated rings. The Morgan fingerprint density at radius 1 is 1.02 bits per heavy atom. The number of furan rings is 1. The Labute approximate surface area is 258 Å². The summed E-state index contributed by atoms with van der Waals surface area (Å²) in [6.45, 7) is 1.80. The molecule has 5 aromatic rings. The van der Waals surface area contributed by atoms with Crippen molar-refractivity contribution in [2.75, 3.05) is 29.6 Å². The summed E-state index contributed by atoms with van der Waals surface area (Å²) in [4.78, 5) is 41.2. The summed E-state index contributed by atoms with van der Waals surface area (Å²) in [5.41, 5.74) is 2.96. The molecule has 12 heteroatoms. The van der Waals surface area contributed by atoms with Gasteiger partial charge in [-0.2, -0.15) is 0 Å². The van der Waals surface area contributed by atoms with Crippen molar-refractivity contribution in [3.8, 4) is 22.5 Å². The van der Waals surface area contributed by atoms with E-state index in [-0.39, 0.29) is 40.2 Å². The van der Waals surface area contributed by atoms with Crippen LogP contribution in [-0.4, -0.2) is 45.2 Å². The van der Waals surface area contributed by atoms with Crippen molar-refractivity contribution in [2.24, 2.45) is 7.05 Å². The maximum absolute atomic E-state index is 14.6. The van der Waals surface area contributed by atoms with Crippen molar-refractivity contribution in [1.82, 2.24) is 9.88 Å². The van der Waals surface area contributed by atoms with E-state index in [1.165, 1.54) is 67.1 Å². The highest BCUT2D eigenvalue weighted by Gasteiger charge is 2.33. The number of amides is 2. The molecule has 0 aliphatic carbocycles. The highest BCUT2D eigenvalue weighted by Crippen LogP contribution is 2.42. The molecule has 230 valence electrons. The fourth-order valence-electron chi connectivity index (χ4n) is 5.59. The van der Waals surface area contributed by atoms with Gasteiger partial charge >= 0.3 is 0 Å². The van der Waals surface area contributed by atoms with Crippen molar-refractivity contribution in [1.29, 1.82) is 0 Å². The number of benzene rings is 3. The molecule has 2 amide bonds. The van der Waals surface area contributed by atoms with Crippen molar-refractivity contribution >= 4 is 44.2 Å². The third kappa shape index (κ3) is 4.96. The number of hydrogen-bond donors (Lipinski definition) is 1. The van der Waals surface area contributed by atoms with E-state index in [2.05, 4.69) is 5.32 Å². The summed E-state index contributed by atoms with van der Waals surface area (Å²) in [7, 11) is 0.598. The van der Waals surface area contributed by atoms with Crippen LogP contribution in [0.2, 0.25) is 0 Å². The monoisotopic (exact) mass is 628 g/mol. The number of aromatic nitrogens is 1. The largest absolute Gasteiger partial charge is 0.455 e. The first-order chi connectivity index (χ1) is 21.3. The highest BCUT2D eigenvalue weighted by atomic mass is 32.2. The number of carbonyl (C=O) groups excluding carboxylic acids is 2. The van der Waals surface area contributed by atoms with Crippen molar-refractivity contribution in [3.63, 3.8) is 0 Å². The van der Waals surface area contributed by atoms with Crippen molar-refractivity contribution < 1.29 is 26.8 Å². The van der Waals surface area contributed by atoms with Crippen LogP contribution in [0.15, 0.2) is 76.1 Å². The van der Waals surface area contributed by atoms with E-state index in [0.29, 0.717) is 27.8 Å². The Hall–Kier alpha value is -5.23. The number of pyridine rings is 1. The molecule has 3 aromatic carbocycles. The normalized spacial score (nSPS) is 12.9.